The fourth-order valence-corrected chi connectivity index (χ4v) is 1.83. The van der Waals surface area contributed by atoms with Crippen LogP contribution in [0.3, 0.4) is 0 Å². The molecule has 24 heavy (non-hydrogen) atoms. The first kappa shape index (κ1) is 17.3. The number of carbonyl (C=O) groups excluding carboxylic acids is 2. The zero-order valence-corrected chi connectivity index (χ0v) is 13.0. The van der Waals surface area contributed by atoms with Crippen LogP contribution in [0.25, 0.3) is 0 Å². The number of benzene rings is 2. The highest BCUT2D eigenvalue weighted by molar-refractivity contribution is 5.84. The zero-order valence-electron chi connectivity index (χ0n) is 13.0. The van der Waals surface area contributed by atoms with E-state index in [1.165, 1.54) is 25.3 Å². The van der Waals surface area contributed by atoms with E-state index in [1.807, 2.05) is 0 Å². The first-order chi connectivity index (χ1) is 11.6. The minimum atomic E-state index is -0.550. The molecule has 2 aromatic carbocycles. The topological polar surface area (TPSA) is 76.7 Å². The van der Waals surface area contributed by atoms with Crippen LogP contribution < -0.4 is 15.4 Å². The van der Waals surface area contributed by atoms with Gasteiger partial charge in [0.05, 0.1) is 7.11 Å². The summed E-state index contributed by atoms with van der Waals surface area (Å²) in [7, 11) is 1.28. The Bertz CT molecular complexity index is 704. The number of carbonyl (C=O) groups is 2. The Balaban J connectivity index is 1.76. The molecular weight excluding hydrogens is 315 g/mol. The number of methoxy groups -OCH3 is 1. The number of anilines is 1. The second-order valence-electron chi connectivity index (χ2n) is 4.84. The second-order valence-corrected chi connectivity index (χ2v) is 4.84. The van der Waals surface area contributed by atoms with E-state index < -0.39 is 11.9 Å². The van der Waals surface area contributed by atoms with Crippen LogP contribution in [0.2, 0.25) is 0 Å². The first-order valence-electron chi connectivity index (χ1n) is 7.16. The van der Waals surface area contributed by atoms with Gasteiger partial charge in [0, 0.05) is 18.3 Å². The van der Waals surface area contributed by atoms with Crippen molar-refractivity contribution in [3.63, 3.8) is 0 Å². The summed E-state index contributed by atoms with van der Waals surface area (Å²) in [5.41, 5.74) is 1.44. The maximum atomic E-state index is 13.0. The van der Waals surface area contributed by atoms with Gasteiger partial charge in [-0.15, -0.1) is 0 Å². The number of amides is 2. The molecule has 6 nitrogen and oxygen atoms in total. The van der Waals surface area contributed by atoms with Gasteiger partial charge >= 0.3 is 6.09 Å². The lowest BCUT2D eigenvalue weighted by Crippen LogP contribution is -2.28. The Morgan fingerprint density at radius 1 is 1.12 bits per heavy atom. The lowest BCUT2D eigenvalue weighted by Gasteiger charge is -2.08. The SMILES string of the molecule is COC(=O)Nc1ccc(CNC(=O)COc2cccc(F)c2)cc1. The molecule has 7 heteroatoms. The van der Waals surface area contributed by atoms with E-state index in [1.54, 1.807) is 30.3 Å². The smallest absolute Gasteiger partial charge is 0.411 e. The molecular formula is C17H17FN2O4. The summed E-state index contributed by atoms with van der Waals surface area (Å²) in [5, 5.41) is 5.21. The van der Waals surface area contributed by atoms with Gasteiger partial charge in [0.2, 0.25) is 0 Å². The molecule has 0 aliphatic rings. The van der Waals surface area contributed by atoms with Crippen molar-refractivity contribution in [2.24, 2.45) is 0 Å². The summed E-state index contributed by atoms with van der Waals surface area (Å²) in [6.07, 6.45) is -0.550. The van der Waals surface area contributed by atoms with E-state index in [4.69, 9.17) is 4.74 Å². The Labute approximate surface area is 138 Å². The zero-order chi connectivity index (χ0) is 17.4. The Hall–Kier alpha value is -3.09. The van der Waals surface area contributed by atoms with Gasteiger partial charge in [-0.05, 0) is 29.8 Å². The van der Waals surface area contributed by atoms with Crippen LogP contribution in [0.1, 0.15) is 5.56 Å². The highest BCUT2D eigenvalue weighted by Crippen LogP contribution is 2.12. The fraction of sp³-hybridized carbons (Fsp3) is 0.176. The van der Waals surface area contributed by atoms with E-state index in [0.717, 1.165) is 5.56 Å². The largest absolute Gasteiger partial charge is 0.484 e. The average molecular weight is 332 g/mol. The standard InChI is InChI=1S/C17H17FN2O4/c1-23-17(22)20-14-7-5-12(6-8-14)10-19-16(21)11-24-15-4-2-3-13(18)9-15/h2-9H,10-11H2,1H3,(H,19,21)(H,20,22). The number of ether oxygens (including phenoxy) is 2. The summed E-state index contributed by atoms with van der Waals surface area (Å²) in [6, 6.07) is 12.5. The van der Waals surface area contributed by atoms with Crippen molar-refractivity contribution in [3.8, 4) is 5.75 Å². The number of halogens is 1. The third-order valence-electron chi connectivity index (χ3n) is 3.04. The molecule has 126 valence electrons. The van der Waals surface area contributed by atoms with Crippen molar-refractivity contribution in [1.29, 1.82) is 0 Å². The summed E-state index contributed by atoms with van der Waals surface area (Å²) in [6.45, 7) is 0.106. The van der Waals surface area contributed by atoms with Crippen LogP contribution in [0.4, 0.5) is 14.9 Å². The summed E-state index contributed by atoms with van der Waals surface area (Å²) in [4.78, 5) is 22.8. The minimum absolute atomic E-state index is 0.203. The molecule has 0 saturated heterocycles. The molecule has 0 aliphatic carbocycles. The lowest BCUT2D eigenvalue weighted by atomic mass is 10.2. The summed E-state index contributed by atoms with van der Waals surface area (Å²) >= 11 is 0. The molecule has 0 radical (unpaired) electrons. The van der Waals surface area contributed by atoms with Crippen molar-refractivity contribution >= 4 is 17.7 Å². The number of nitrogens with one attached hydrogen (secondary N) is 2. The lowest BCUT2D eigenvalue weighted by molar-refractivity contribution is -0.123. The second kappa shape index (κ2) is 8.52. The quantitative estimate of drug-likeness (QED) is 0.853. The molecule has 0 fully saturated rings. The van der Waals surface area contributed by atoms with Crippen LogP contribution in [-0.4, -0.2) is 25.7 Å². The molecule has 2 N–H and O–H groups in total. The van der Waals surface area contributed by atoms with Gasteiger partial charge in [-0.25, -0.2) is 9.18 Å². The van der Waals surface area contributed by atoms with Gasteiger partial charge in [-0.1, -0.05) is 18.2 Å². The van der Waals surface area contributed by atoms with Gasteiger partial charge in [0.15, 0.2) is 6.61 Å². The average Bonchev–Trinajstić information content (AvgIpc) is 2.59. The molecule has 0 bridgehead atoms. The predicted molar refractivity (Wildman–Crippen MR) is 86.2 cm³/mol. The summed E-state index contributed by atoms with van der Waals surface area (Å²) in [5.74, 6) is -0.451. The van der Waals surface area contributed by atoms with Crippen LogP contribution >= 0.6 is 0 Å². The molecule has 0 aliphatic heterocycles. The monoisotopic (exact) mass is 332 g/mol. The van der Waals surface area contributed by atoms with Crippen molar-refractivity contribution in [3.05, 3.63) is 59.9 Å². The van der Waals surface area contributed by atoms with Gasteiger partial charge in [-0.3, -0.25) is 10.1 Å². The molecule has 0 heterocycles. The Morgan fingerprint density at radius 2 is 1.88 bits per heavy atom. The Morgan fingerprint density at radius 3 is 2.54 bits per heavy atom. The van der Waals surface area contributed by atoms with E-state index in [0.29, 0.717) is 18.0 Å². The number of hydrogen-bond acceptors (Lipinski definition) is 4. The van der Waals surface area contributed by atoms with Gasteiger partial charge in [0.25, 0.3) is 5.91 Å². The predicted octanol–water partition coefficient (Wildman–Crippen LogP) is 2.70. The third kappa shape index (κ3) is 5.60. The van der Waals surface area contributed by atoms with E-state index in [-0.39, 0.29) is 12.5 Å². The van der Waals surface area contributed by atoms with Gasteiger partial charge in [-0.2, -0.15) is 0 Å². The third-order valence-corrected chi connectivity index (χ3v) is 3.04. The summed E-state index contributed by atoms with van der Waals surface area (Å²) < 4.78 is 22.7. The normalized spacial score (nSPS) is 9.92. The maximum absolute atomic E-state index is 13.0. The minimum Gasteiger partial charge on any atom is -0.484 e. The van der Waals surface area contributed by atoms with Crippen molar-refractivity contribution in [2.75, 3.05) is 19.0 Å². The molecule has 2 amide bonds. The molecule has 0 atom stereocenters. The van der Waals surface area contributed by atoms with Crippen molar-refractivity contribution < 1.29 is 23.5 Å². The van der Waals surface area contributed by atoms with Crippen LogP contribution in [0, 0.1) is 5.82 Å². The van der Waals surface area contributed by atoms with E-state index >= 15 is 0 Å². The molecule has 0 aromatic heterocycles. The maximum Gasteiger partial charge on any atom is 0.411 e. The van der Waals surface area contributed by atoms with Crippen LogP contribution in [0.15, 0.2) is 48.5 Å². The Kier molecular flexibility index (Phi) is 6.13. The molecule has 2 aromatic rings. The number of hydrogen-bond donors (Lipinski definition) is 2. The molecule has 0 saturated carbocycles. The first-order valence-corrected chi connectivity index (χ1v) is 7.16. The number of rotatable bonds is 6. The highest BCUT2D eigenvalue weighted by atomic mass is 19.1. The van der Waals surface area contributed by atoms with Crippen LogP contribution in [0.5, 0.6) is 5.75 Å². The van der Waals surface area contributed by atoms with Gasteiger partial charge < -0.3 is 14.8 Å². The van der Waals surface area contributed by atoms with E-state index in [2.05, 4.69) is 15.4 Å². The highest BCUT2D eigenvalue weighted by Gasteiger charge is 2.04. The molecule has 0 spiro atoms. The van der Waals surface area contributed by atoms with E-state index in [9.17, 15) is 14.0 Å². The molecule has 0 unspecified atom stereocenters. The van der Waals surface area contributed by atoms with Crippen molar-refractivity contribution in [1.82, 2.24) is 5.32 Å². The molecule has 2 rings (SSSR count). The van der Waals surface area contributed by atoms with Crippen LogP contribution in [-0.2, 0) is 16.1 Å². The fourth-order valence-electron chi connectivity index (χ4n) is 1.83. The van der Waals surface area contributed by atoms with Crippen molar-refractivity contribution in [2.45, 2.75) is 6.54 Å². The van der Waals surface area contributed by atoms with Gasteiger partial charge in [0.1, 0.15) is 11.6 Å².